The summed E-state index contributed by atoms with van der Waals surface area (Å²) in [4.78, 5) is 11.6. The number of nitrogens with zero attached hydrogens (tertiary/aromatic N) is 2. The van der Waals surface area contributed by atoms with Gasteiger partial charge in [0.25, 0.3) is 0 Å². The summed E-state index contributed by atoms with van der Waals surface area (Å²) in [6, 6.07) is 4.03. The van der Waals surface area contributed by atoms with Crippen molar-refractivity contribution in [2.75, 3.05) is 6.61 Å². The number of aliphatic hydroxyl groups excluding tert-OH is 2. The van der Waals surface area contributed by atoms with Crippen LogP contribution in [-0.4, -0.2) is 44.0 Å². The third-order valence-corrected chi connectivity index (χ3v) is 4.50. The molecule has 3 N–H and O–H groups in total. The number of fused-ring (bicyclic) bond motifs is 3. The Balaban J connectivity index is 2.06. The average Bonchev–Trinajstić information content (AvgIpc) is 2.82. The fraction of sp³-hybridized carbons (Fsp3) is 0.500. The van der Waals surface area contributed by atoms with Gasteiger partial charge in [0.05, 0.1) is 23.4 Å². The highest BCUT2D eigenvalue weighted by Gasteiger charge is 2.42. The standard InChI is InChI=1S/C16H21N3O3/c1-10-3-4-14-12-7-16(15(22)9-20,17-11(2)21)6-5-13(12)18-19(14)8-10/h3-4,8,15,20,22H,5-7,9H2,1-2H3,(H,17,21). The van der Waals surface area contributed by atoms with E-state index in [2.05, 4.69) is 10.4 Å². The highest BCUT2D eigenvalue weighted by Crippen LogP contribution is 2.33. The molecular weight excluding hydrogens is 282 g/mol. The minimum absolute atomic E-state index is 0.205. The summed E-state index contributed by atoms with van der Waals surface area (Å²) in [5.74, 6) is -0.205. The van der Waals surface area contributed by atoms with Crippen LogP contribution in [0.5, 0.6) is 0 Å². The molecule has 1 aliphatic carbocycles. The molecule has 2 aromatic rings. The van der Waals surface area contributed by atoms with E-state index in [1.165, 1.54) is 6.92 Å². The van der Waals surface area contributed by atoms with E-state index in [4.69, 9.17) is 0 Å². The lowest BCUT2D eigenvalue weighted by Gasteiger charge is -2.40. The number of aliphatic hydroxyl groups is 2. The summed E-state index contributed by atoms with van der Waals surface area (Å²) in [5.41, 5.74) is 3.31. The number of pyridine rings is 1. The van der Waals surface area contributed by atoms with E-state index in [0.717, 1.165) is 22.3 Å². The SMILES string of the molecule is CC(=O)NC1(C(O)CO)CCc2nn3cc(C)ccc3c2C1. The molecular formula is C16H21N3O3. The molecule has 22 heavy (non-hydrogen) atoms. The fourth-order valence-corrected chi connectivity index (χ4v) is 3.39. The molecule has 2 heterocycles. The third-order valence-electron chi connectivity index (χ3n) is 4.50. The Morgan fingerprint density at radius 1 is 1.55 bits per heavy atom. The quantitative estimate of drug-likeness (QED) is 0.764. The number of aryl methyl sites for hydroxylation is 2. The van der Waals surface area contributed by atoms with E-state index >= 15 is 0 Å². The lowest BCUT2D eigenvalue weighted by molar-refractivity contribution is -0.123. The number of amides is 1. The maximum atomic E-state index is 11.6. The van der Waals surface area contributed by atoms with E-state index in [-0.39, 0.29) is 12.5 Å². The largest absolute Gasteiger partial charge is 0.394 e. The van der Waals surface area contributed by atoms with Gasteiger partial charge in [-0.05, 0) is 31.4 Å². The first-order chi connectivity index (χ1) is 10.4. The van der Waals surface area contributed by atoms with Crippen molar-refractivity contribution in [1.82, 2.24) is 14.9 Å². The van der Waals surface area contributed by atoms with Crippen molar-refractivity contribution >= 4 is 11.4 Å². The van der Waals surface area contributed by atoms with Crippen molar-refractivity contribution in [3.05, 3.63) is 35.2 Å². The Labute approximate surface area is 128 Å². The molecule has 2 unspecified atom stereocenters. The van der Waals surface area contributed by atoms with Gasteiger partial charge in [0, 0.05) is 25.1 Å². The molecule has 0 aliphatic heterocycles. The van der Waals surface area contributed by atoms with Gasteiger partial charge in [-0.25, -0.2) is 4.52 Å². The van der Waals surface area contributed by atoms with Gasteiger partial charge in [-0.3, -0.25) is 4.79 Å². The summed E-state index contributed by atoms with van der Waals surface area (Å²) in [7, 11) is 0. The lowest BCUT2D eigenvalue weighted by atomic mass is 9.76. The molecule has 0 aromatic carbocycles. The molecule has 1 amide bonds. The fourth-order valence-electron chi connectivity index (χ4n) is 3.39. The number of aromatic nitrogens is 2. The zero-order valence-electron chi connectivity index (χ0n) is 12.8. The Bertz CT molecular complexity index is 725. The third kappa shape index (κ3) is 2.38. The smallest absolute Gasteiger partial charge is 0.217 e. The monoisotopic (exact) mass is 303 g/mol. The van der Waals surface area contributed by atoms with Crippen LogP contribution in [0, 0.1) is 6.92 Å². The van der Waals surface area contributed by atoms with Crippen LogP contribution in [0.15, 0.2) is 18.3 Å². The van der Waals surface area contributed by atoms with Crippen molar-refractivity contribution in [2.24, 2.45) is 0 Å². The Kier molecular flexibility index (Phi) is 3.66. The van der Waals surface area contributed by atoms with E-state index in [9.17, 15) is 15.0 Å². The Morgan fingerprint density at radius 3 is 3.00 bits per heavy atom. The van der Waals surface area contributed by atoms with Crippen LogP contribution in [0.1, 0.15) is 30.2 Å². The van der Waals surface area contributed by atoms with Gasteiger partial charge in [0.2, 0.25) is 5.91 Å². The molecule has 6 heteroatoms. The molecule has 118 valence electrons. The number of carbonyl (C=O) groups excluding carboxylic acids is 1. The minimum atomic E-state index is -0.995. The molecule has 2 atom stereocenters. The van der Waals surface area contributed by atoms with Crippen molar-refractivity contribution in [3.63, 3.8) is 0 Å². The van der Waals surface area contributed by atoms with Crippen molar-refractivity contribution in [2.45, 2.75) is 44.8 Å². The van der Waals surface area contributed by atoms with Crippen LogP contribution >= 0.6 is 0 Å². The first kappa shape index (κ1) is 15.0. The van der Waals surface area contributed by atoms with Crippen molar-refractivity contribution in [3.8, 4) is 0 Å². The molecule has 0 spiro atoms. The molecule has 0 fully saturated rings. The highest BCUT2D eigenvalue weighted by molar-refractivity contribution is 5.74. The van der Waals surface area contributed by atoms with Gasteiger partial charge >= 0.3 is 0 Å². The van der Waals surface area contributed by atoms with Gasteiger partial charge in [-0.2, -0.15) is 5.10 Å². The number of carbonyl (C=O) groups is 1. The van der Waals surface area contributed by atoms with Crippen LogP contribution in [-0.2, 0) is 17.6 Å². The average molecular weight is 303 g/mol. The first-order valence-electron chi connectivity index (χ1n) is 7.49. The number of hydrogen-bond acceptors (Lipinski definition) is 4. The zero-order valence-corrected chi connectivity index (χ0v) is 12.8. The second-order valence-corrected chi connectivity index (χ2v) is 6.17. The Hall–Kier alpha value is -1.92. The van der Waals surface area contributed by atoms with Crippen molar-refractivity contribution < 1.29 is 15.0 Å². The van der Waals surface area contributed by atoms with Gasteiger partial charge in [-0.15, -0.1) is 0 Å². The molecule has 0 saturated carbocycles. The van der Waals surface area contributed by atoms with E-state index < -0.39 is 11.6 Å². The second kappa shape index (κ2) is 5.37. The van der Waals surface area contributed by atoms with Crippen LogP contribution < -0.4 is 5.32 Å². The molecule has 0 bridgehead atoms. The highest BCUT2D eigenvalue weighted by atomic mass is 16.3. The van der Waals surface area contributed by atoms with Crippen molar-refractivity contribution in [1.29, 1.82) is 0 Å². The molecule has 1 aliphatic rings. The van der Waals surface area contributed by atoms with Gasteiger partial charge in [-0.1, -0.05) is 6.07 Å². The van der Waals surface area contributed by atoms with Crippen LogP contribution in [0.3, 0.4) is 0 Å². The first-order valence-corrected chi connectivity index (χ1v) is 7.49. The molecule has 0 radical (unpaired) electrons. The summed E-state index contributed by atoms with van der Waals surface area (Å²) >= 11 is 0. The molecule has 0 saturated heterocycles. The molecule has 6 nitrogen and oxygen atoms in total. The molecule has 2 aromatic heterocycles. The Morgan fingerprint density at radius 2 is 2.32 bits per heavy atom. The zero-order chi connectivity index (χ0) is 15.9. The number of hydrogen-bond donors (Lipinski definition) is 3. The summed E-state index contributed by atoms with van der Waals surface area (Å²) < 4.78 is 1.86. The predicted octanol–water partition coefficient (Wildman–Crippen LogP) is 0.360. The van der Waals surface area contributed by atoms with Crippen LogP contribution in [0.25, 0.3) is 5.52 Å². The maximum absolute atomic E-state index is 11.6. The van der Waals surface area contributed by atoms with E-state index in [0.29, 0.717) is 19.3 Å². The number of rotatable bonds is 3. The van der Waals surface area contributed by atoms with E-state index in [1.54, 1.807) is 0 Å². The predicted molar refractivity (Wildman–Crippen MR) is 81.6 cm³/mol. The topological polar surface area (TPSA) is 86.9 Å². The molecule has 3 rings (SSSR count). The minimum Gasteiger partial charge on any atom is -0.394 e. The van der Waals surface area contributed by atoms with Crippen LogP contribution in [0.4, 0.5) is 0 Å². The second-order valence-electron chi connectivity index (χ2n) is 6.17. The number of nitrogens with one attached hydrogen (secondary N) is 1. The normalized spacial score (nSPS) is 22.4. The summed E-state index contributed by atoms with van der Waals surface area (Å²) in [6.07, 6.45) is 2.66. The van der Waals surface area contributed by atoms with Gasteiger partial charge < -0.3 is 15.5 Å². The summed E-state index contributed by atoms with van der Waals surface area (Å²) in [6.45, 7) is 3.06. The van der Waals surface area contributed by atoms with Crippen LogP contribution in [0.2, 0.25) is 0 Å². The maximum Gasteiger partial charge on any atom is 0.217 e. The van der Waals surface area contributed by atoms with Gasteiger partial charge in [0.15, 0.2) is 0 Å². The van der Waals surface area contributed by atoms with Gasteiger partial charge in [0.1, 0.15) is 6.10 Å². The summed E-state index contributed by atoms with van der Waals surface area (Å²) in [5, 5.41) is 27.1. The van der Waals surface area contributed by atoms with E-state index in [1.807, 2.05) is 29.8 Å². The lowest BCUT2D eigenvalue weighted by Crippen LogP contribution is -2.60.